The van der Waals surface area contributed by atoms with E-state index in [9.17, 15) is 31.1 Å². The summed E-state index contributed by atoms with van der Waals surface area (Å²) >= 11 is 0. The number of nitrogen functional groups attached to an aromatic ring is 1. The summed E-state index contributed by atoms with van der Waals surface area (Å²) in [5.41, 5.74) is 5.75. The highest BCUT2D eigenvalue weighted by atomic mass is 28.5. The lowest BCUT2D eigenvalue weighted by molar-refractivity contribution is -0.299. The van der Waals surface area contributed by atoms with Gasteiger partial charge in [0.05, 0.1) is 12.9 Å². The predicted molar refractivity (Wildman–Crippen MR) is 168 cm³/mol. The summed E-state index contributed by atoms with van der Waals surface area (Å²) in [4.78, 5) is 25.9. The first kappa shape index (κ1) is 39.6. The minimum atomic E-state index is -5.60. The maximum Gasteiger partial charge on any atom is 0.402 e. The van der Waals surface area contributed by atoms with E-state index in [1.165, 1.54) is 24.1 Å². The molecule has 0 amide bonds. The van der Waals surface area contributed by atoms with Gasteiger partial charge in [-0.1, -0.05) is 55.4 Å². The first-order valence-corrected chi connectivity index (χ1v) is 20.0. The maximum atomic E-state index is 13.4. The number of nitrogens with zero attached hydrogens (tertiary/aromatic N) is 4. The van der Waals surface area contributed by atoms with Gasteiger partial charge in [0.1, 0.15) is 43.1 Å². The van der Waals surface area contributed by atoms with Crippen molar-refractivity contribution in [3.8, 4) is 0 Å². The van der Waals surface area contributed by atoms with Crippen molar-refractivity contribution in [2.75, 3.05) is 19.1 Å². The van der Waals surface area contributed by atoms with Crippen LogP contribution in [0.25, 0.3) is 11.2 Å². The minimum absolute atomic E-state index is 0.0456. The molecule has 2 aliphatic rings. The average Bonchev–Trinajstić information content (AvgIpc) is 3.53. The summed E-state index contributed by atoms with van der Waals surface area (Å²) < 4.78 is 120. The maximum absolute atomic E-state index is 13.4. The van der Waals surface area contributed by atoms with E-state index in [0.29, 0.717) is 0 Å². The molecule has 2 saturated heterocycles. The SMILES string of the molecule is CC(=O)C1O[Si](C(C)C)(C(C)C)O[Si](C(C)C)(C(C)C)O[C@H]2[C@@H](OCOCC(C(F)(F)F)C(F)(F)F)[C@H](n3cnc4c(N)ncnc43)O[C@H]12. The molecule has 49 heavy (non-hydrogen) atoms. The number of imidazole rings is 1. The Balaban J connectivity index is 1.85. The van der Waals surface area contributed by atoms with Gasteiger partial charge in [0, 0.05) is 0 Å². The molecule has 2 aromatic rings. The molecule has 0 spiro atoms. The monoisotopic (exact) mass is 745 g/mol. The number of alkyl halides is 6. The van der Waals surface area contributed by atoms with Crippen molar-refractivity contribution in [1.29, 1.82) is 0 Å². The van der Waals surface area contributed by atoms with E-state index >= 15 is 0 Å². The van der Waals surface area contributed by atoms with E-state index in [0.717, 1.165) is 0 Å². The summed E-state index contributed by atoms with van der Waals surface area (Å²) in [6.45, 7) is 14.3. The molecule has 2 fully saturated rings. The third-order valence-corrected chi connectivity index (χ3v) is 19.4. The lowest BCUT2D eigenvalue weighted by atomic mass is 10.0. The average molecular weight is 746 g/mol. The van der Waals surface area contributed by atoms with Gasteiger partial charge < -0.3 is 32.9 Å². The molecule has 278 valence electrons. The topological polar surface area (TPSA) is 142 Å². The molecule has 0 aromatic carbocycles. The number of rotatable bonds is 11. The second kappa shape index (κ2) is 14.4. The van der Waals surface area contributed by atoms with E-state index in [-0.39, 0.29) is 39.1 Å². The molecule has 2 aromatic heterocycles. The van der Waals surface area contributed by atoms with Crippen LogP contribution >= 0.6 is 0 Å². The molecular weight excluding hydrogens is 701 g/mol. The molecule has 0 radical (unpaired) electrons. The third kappa shape index (κ3) is 7.56. The fourth-order valence-corrected chi connectivity index (χ4v) is 17.9. The normalized spacial score (nSPS) is 26.2. The van der Waals surface area contributed by atoms with Gasteiger partial charge >= 0.3 is 29.5 Å². The Morgan fingerprint density at radius 1 is 0.898 bits per heavy atom. The lowest BCUT2D eigenvalue weighted by Crippen LogP contribution is -2.68. The van der Waals surface area contributed by atoms with E-state index in [1.54, 1.807) is 0 Å². The van der Waals surface area contributed by atoms with Gasteiger partial charge in [0.2, 0.25) is 0 Å². The van der Waals surface area contributed by atoms with Gasteiger partial charge in [-0.05, 0) is 29.1 Å². The molecule has 2 N–H and O–H groups in total. The van der Waals surface area contributed by atoms with Crippen LogP contribution in [-0.4, -0.2) is 92.6 Å². The number of hydrogen-bond acceptors (Lipinski definition) is 11. The molecule has 12 nitrogen and oxygen atoms in total. The van der Waals surface area contributed by atoms with Crippen LogP contribution in [0.4, 0.5) is 32.2 Å². The van der Waals surface area contributed by atoms with Crippen LogP contribution in [-0.2, 0) is 32.0 Å². The first-order valence-electron chi connectivity index (χ1n) is 16.1. The Morgan fingerprint density at radius 3 is 1.96 bits per heavy atom. The standard InChI is InChI=1S/C29H45F6N5O7Si2/c1-14(2)48(15(3)4)45-21(18(9)41)22-23(46-49(47-48,16(5)6)17(7)8)24(43-13-42-10-19(28(30,31)32)29(33,34)35)27(44-22)40-12-39-20-25(36)37-11-38-26(20)40/h11-12,14-17,19,21-24,27H,10,13H2,1-9H3,(H2,36,37,38)/t21?,22-,23-,24-,27-/m1/s1. The zero-order chi connectivity index (χ0) is 36.9. The molecule has 0 saturated carbocycles. The highest BCUT2D eigenvalue weighted by Gasteiger charge is 2.65. The van der Waals surface area contributed by atoms with Crippen molar-refractivity contribution in [1.82, 2.24) is 19.5 Å². The number of fused-ring (bicyclic) bond motifs is 2. The Morgan fingerprint density at radius 2 is 1.45 bits per heavy atom. The van der Waals surface area contributed by atoms with Gasteiger partial charge in [-0.3, -0.25) is 9.36 Å². The zero-order valence-corrected chi connectivity index (χ0v) is 30.8. The predicted octanol–water partition coefficient (Wildman–Crippen LogP) is 6.32. The van der Waals surface area contributed by atoms with Gasteiger partial charge in [0.15, 0.2) is 29.4 Å². The number of carbonyl (C=O) groups excluding carboxylic acids is 1. The summed E-state index contributed by atoms with van der Waals surface area (Å²) in [6.07, 6.45) is -14.8. The number of aromatic nitrogens is 4. The number of anilines is 1. The number of halogens is 6. The van der Waals surface area contributed by atoms with Crippen molar-refractivity contribution in [3.05, 3.63) is 12.7 Å². The molecular formula is C29H45F6N5O7Si2. The zero-order valence-electron chi connectivity index (χ0n) is 28.8. The van der Waals surface area contributed by atoms with Gasteiger partial charge in [0.25, 0.3) is 0 Å². The first-order chi connectivity index (χ1) is 22.6. The summed E-state index contributed by atoms with van der Waals surface area (Å²) in [5.74, 6) is -4.10. The van der Waals surface area contributed by atoms with Crippen LogP contribution in [0, 0.1) is 5.92 Å². The number of ether oxygens (including phenoxy) is 3. The fraction of sp³-hybridized carbons (Fsp3) is 0.793. The van der Waals surface area contributed by atoms with Crippen molar-refractivity contribution < 1.29 is 58.3 Å². The highest BCUT2D eigenvalue weighted by Crippen LogP contribution is 2.50. The Hall–Kier alpha value is -2.21. The second-order valence-corrected chi connectivity index (χ2v) is 22.5. The summed E-state index contributed by atoms with van der Waals surface area (Å²) in [5, 5.41) is 0. The van der Waals surface area contributed by atoms with Crippen LogP contribution < -0.4 is 5.73 Å². The number of Topliss-reactive ketones (excluding diaryl/α,β-unsaturated/α-hetero) is 1. The molecule has 5 atom stereocenters. The number of ketones is 1. The van der Waals surface area contributed by atoms with Gasteiger partial charge in [-0.15, -0.1) is 0 Å². The molecule has 0 aliphatic carbocycles. The van der Waals surface area contributed by atoms with Crippen LogP contribution in [0.1, 0.15) is 68.5 Å². The second-order valence-electron chi connectivity index (χ2n) is 13.7. The summed E-state index contributed by atoms with van der Waals surface area (Å²) in [6, 6.07) is 0. The van der Waals surface area contributed by atoms with Crippen LogP contribution in [0.15, 0.2) is 12.7 Å². The summed E-state index contributed by atoms with van der Waals surface area (Å²) in [7, 11) is -6.72. The number of nitrogens with two attached hydrogens (primary N) is 1. The van der Waals surface area contributed by atoms with Crippen LogP contribution in [0.3, 0.4) is 0 Å². The molecule has 20 heteroatoms. The fourth-order valence-electron chi connectivity index (χ4n) is 6.61. The molecule has 0 bridgehead atoms. The Bertz CT molecular complexity index is 1430. The molecule has 4 rings (SSSR count). The largest absolute Gasteiger partial charge is 0.414 e. The number of hydrogen-bond donors (Lipinski definition) is 1. The van der Waals surface area contributed by atoms with E-state index in [4.69, 9.17) is 32.9 Å². The Kier molecular flexibility index (Phi) is 11.7. The van der Waals surface area contributed by atoms with E-state index < -0.39 is 85.2 Å². The quantitative estimate of drug-likeness (QED) is 0.120. The number of carbonyl (C=O) groups is 1. The van der Waals surface area contributed by atoms with Crippen LogP contribution in [0.5, 0.6) is 0 Å². The highest BCUT2D eigenvalue weighted by molar-refractivity contribution is 6.84. The van der Waals surface area contributed by atoms with Crippen molar-refractivity contribution >= 4 is 39.9 Å². The molecule has 1 unspecified atom stereocenters. The molecule has 2 aliphatic heterocycles. The minimum Gasteiger partial charge on any atom is -0.414 e. The van der Waals surface area contributed by atoms with E-state index in [1.807, 2.05) is 55.4 Å². The third-order valence-electron chi connectivity index (χ3n) is 9.17. The lowest BCUT2D eigenvalue weighted by Gasteiger charge is -2.52. The molecule has 4 heterocycles. The van der Waals surface area contributed by atoms with Crippen LogP contribution in [0.2, 0.25) is 22.2 Å². The smallest absolute Gasteiger partial charge is 0.402 e. The van der Waals surface area contributed by atoms with Gasteiger partial charge in [-0.2, -0.15) is 26.3 Å². The van der Waals surface area contributed by atoms with Crippen molar-refractivity contribution in [2.24, 2.45) is 5.92 Å². The van der Waals surface area contributed by atoms with Crippen molar-refractivity contribution in [3.63, 3.8) is 0 Å². The van der Waals surface area contributed by atoms with E-state index in [2.05, 4.69) is 15.0 Å². The van der Waals surface area contributed by atoms with Gasteiger partial charge in [-0.25, -0.2) is 15.0 Å². The Labute approximate surface area is 282 Å². The van der Waals surface area contributed by atoms with Crippen molar-refractivity contribution in [2.45, 2.75) is 127 Å².